The van der Waals surface area contributed by atoms with Crippen molar-refractivity contribution in [2.75, 3.05) is 19.3 Å². The van der Waals surface area contributed by atoms with E-state index in [1.165, 1.54) is 4.31 Å². The summed E-state index contributed by atoms with van der Waals surface area (Å²) in [6.45, 7) is 5.87. The lowest BCUT2D eigenvalue weighted by atomic mass is 10.1. The first-order valence-corrected chi connectivity index (χ1v) is 6.58. The van der Waals surface area contributed by atoms with Gasteiger partial charge in [-0.2, -0.15) is 0 Å². The van der Waals surface area contributed by atoms with Gasteiger partial charge in [-0.05, 0) is 31.0 Å². The topological polar surface area (TPSA) is 63.4 Å². The van der Waals surface area contributed by atoms with E-state index >= 15 is 0 Å². The number of benzene rings is 1. The van der Waals surface area contributed by atoms with Gasteiger partial charge in [-0.1, -0.05) is 13.0 Å². The van der Waals surface area contributed by atoms with Crippen molar-refractivity contribution in [2.45, 2.75) is 25.7 Å². The number of anilines is 1. The molecule has 0 amide bonds. The molecule has 1 aromatic carbocycles. The summed E-state index contributed by atoms with van der Waals surface area (Å²) in [4.78, 5) is 0.233. The van der Waals surface area contributed by atoms with Crippen LogP contribution in [0.25, 0.3) is 0 Å². The predicted octanol–water partition coefficient (Wildman–Crippen LogP) is 1.53. The van der Waals surface area contributed by atoms with Gasteiger partial charge in [-0.3, -0.25) is 0 Å². The van der Waals surface area contributed by atoms with Crippen LogP contribution >= 0.6 is 0 Å². The molecule has 90 valence electrons. The molecule has 16 heavy (non-hydrogen) atoms. The summed E-state index contributed by atoms with van der Waals surface area (Å²) in [5.74, 6) is 0. The molecular formula is C11H18N2O2S. The van der Waals surface area contributed by atoms with Gasteiger partial charge in [0.15, 0.2) is 0 Å². The zero-order valence-corrected chi connectivity index (χ0v) is 10.9. The smallest absolute Gasteiger partial charge is 0.245 e. The van der Waals surface area contributed by atoms with Crippen LogP contribution < -0.4 is 5.73 Å². The van der Waals surface area contributed by atoms with E-state index in [9.17, 15) is 8.42 Å². The van der Waals surface area contributed by atoms with Gasteiger partial charge in [0.1, 0.15) is 4.90 Å². The Balaban J connectivity index is 3.50. The average molecular weight is 242 g/mol. The monoisotopic (exact) mass is 242 g/mol. The van der Waals surface area contributed by atoms with Gasteiger partial charge in [-0.15, -0.1) is 0 Å². The van der Waals surface area contributed by atoms with Crippen molar-refractivity contribution in [3.8, 4) is 0 Å². The molecule has 0 unspecified atom stereocenters. The molecule has 0 heterocycles. The van der Waals surface area contributed by atoms with Crippen LogP contribution in [-0.4, -0.2) is 26.3 Å². The molecule has 0 atom stereocenters. The fourth-order valence-corrected chi connectivity index (χ4v) is 3.04. The Kier molecular flexibility index (Phi) is 3.60. The van der Waals surface area contributed by atoms with E-state index in [2.05, 4.69) is 0 Å². The number of nitrogen functional groups attached to an aromatic ring is 1. The van der Waals surface area contributed by atoms with Crippen LogP contribution in [0.15, 0.2) is 17.0 Å². The highest BCUT2D eigenvalue weighted by atomic mass is 32.2. The summed E-state index contributed by atoms with van der Waals surface area (Å²) in [5.41, 5.74) is 7.72. The second-order valence-electron chi connectivity index (χ2n) is 3.85. The van der Waals surface area contributed by atoms with E-state index < -0.39 is 10.0 Å². The molecule has 0 radical (unpaired) electrons. The highest BCUT2D eigenvalue weighted by Crippen LogP contribution is 2.27. The van der Waals surface area contributed by atoms with Crippen LogP contribution in [0.1, 0.15) is 18.1 Å². The quantitative estimate of drug-likeness (QED) is 0.817. The van der Waals surface area contributed by atoms with Crippen molar-refractivity contribution < 1.29 is 8.42 Å². The molecule has 1 rings (SSSR count). The molecule has 0 spiro atoms. The second-order valence-corrected chi connectivity index (χ2v) is 5.83. The van der Waals surface area contributed by atoms with Crippen LogP contribution in [-0.2, 0) is 10.0 Å². The zero-order valence-electron chi connectivity index (χ0n) is 10.1. The Morgan fingerprint density at radius 3 is 2.38 bits per heavy atom. The van der Waals surface area contributed by atoms with E-state index in [0.29, 0.717) is 12.2 Å². The highest BCUT2D eigenvalue weighted by molar-refractivity contribution is 7.89. The van der Waals surface area contributed by atoms with Crippen molar-refractivity contribution >= 4 is 15.7 Å². The Hall–Kier alpha value is -1.07. The first-order chi connectivity index (χ1) is 7.32. The third kappa shape index (κ3) is 2.05. The maximum Gasteiger partial charge on any atom is 0.245 e. The van der Waals surface area contributed by atoms with Gasteiger partial charge >= 0.3 is 0 Å². The lowest BCUT2D eigenvalue weighted by molar-refractivity contribution is 0.486. The highest BCUT2D eigenvalue weighted by Gasteiger charge is 2.24. The number of sulfonamides is 1. The molecule has 0 saturated heterocycles. The van der Waals surface area contributed by atoms with Crippen molar-refractivity contribution in [2.24, 2.45) is 0 Å². The number of nitrogens with two attached hydrogens (primary N) is 1. The molecule has 0 aromatic heterocycles. The Labute approximate surface area is 97.1 Å². The van der Waals surface area contributed by atoms with Gasteiger partial charge in [0, 0.05) is 13.6 Å². The average Bonchev–Trinajstić information content (AvgIpc) is 2.22. The number of hydrogen-bond acceptors (Lipinski definition) is 3. The van der Waals surface area contributed by atoms with Gasteiger partial charge in [0.05, 0.1) is 5.69 Å². The van der Waals surface area contributed by atoms with Gasteiger partial charge in [0.2, 0.25) is 10.0 Å². The minimum absolute atomic E-state index is 0.233. The van der Waals surface area contributed by atoms with Gasteiger partial charge in [0.25, 0.3) is 0 Å². The number of rotatable bonds is 3. The summed E-state index contributed by atoms with van der Waals surface area (Å²) in [6, 6.07) is 3.47. The summed E-state index contributed by atoms with van der Waals surface area (Å²) >= 11 is 0. The van der Waals surface area contributed by atoms with Crippen molar-refractivity contribution in [1.82, 2.24) is 4.31 Å². The predicted molar refractivity (Wildman–Crippen MR) is 65.8 cm³/mol. The third-order valence-electron chi connectivity index (χ3n) is 2.82. The van der Waals surface area contributed by atoms with E-state index in [1.54, 1.807) is 27.0 Å². The van der Waals surface area contributed by atoms with Crippen LogP contribution in [0.3, 0.4) is 0 Å². The number of hydrogen-bond donors (Lipinski definition) is 1. The summed E-state index contributed by atoms with van der Waals surface area (Å²) < 4.78 is 25.7. The molecule has 2 N–H and O–H groups in total. The maximum absolute atomic E-state index is 12.2. The van der Waals surface area contributed by atoms with Crippen LogP contribution in [0.4, 0.5) is 5.69 Å². The molecule has 0 aliphatic carbocycles. The minimum atomic E-state index is -3.46. The molecule has 4 nitrogen and oxygen atoms in total. The molecule has 1 aromatic rings. The van der Waals surface area contributed by atoms with E-state index in [1.807, 2.05) is 13.0 Å². The minimum Gasteiger partial charge on any atom is -0.398 e. The molecule has 0 aliphatic rings. The van der Waals surface area contributed by atoms with Crippen LogP contribution in [0.5, 0.6) is 0 Å². The Morgan fingerprint density at radius 1 is 1.31 bits per heavy atom. The maximum atomic E-state index is 12.2. The summed E-state index contributed by atoms with van der Waals surface area (Å²) in [7, 11) is -1.91. The fraction of sp³-hybridized carbons (Fsp3) is 0.455. The van der Waals surface area contributed by atoms with Crippen molar-refractivity contribution in [3.05, 3.63) is 23.3 Å². The number of aryl methyl sites for hydroxylation is 1. The zero-order chi connectivity index (χ0) is 12.5. The first kappa shape index (κ1) is 13.0. The third-order valence-corrected chi connectivity index (χ3v) is 4.96. The van der Waals surface area contributed by atoms with E-state index in [4.69, 9.17) is 5.73 Å². The normalized spacial score (nSPS) is 12.1. The summed E-state index contributed by atoms with van der Waals surface area (Å²) in [5, 5.41) is 0. The largest absolute Gasteiger partial charge is 0.398 e. The van der Waals surface area contributed by atoms with Crippen LogP contribution in [0.2, 0.25) is 0 Å². The molecule has 0 bridgehead atoms. The Bertz CT molecular complexity index is 495. The second kappa shape index (κ2) is 4.43. The van der Waals surface area contributed by atoms with Gasteiger partial charge in [-0.25, -0.2) is 12.7 Å². The summed E-state index contributed by atoms with van der Waals surface area (Å²) in [6.07, 6.45) is 0. The molecule has 0 saturated carbocycles. The fourth-order valence-electron chi connectivity index (χ4n) is 1.48. The Morgan fingerprint density at radius 2 is 1.88 bits per heavy atom. The SMILES string of the molecule is CCN(C)S(=O)(=O)c1c(N)ccc(C)c1C. The molecule has 0 fully saturated rings. The van der Waals surface area contributed by atoms with Crippen LogP contribution in [0, 0.1) is 13.8 Å². The molecule has 0 aliphatic heterocycles. The van der Waals surface area contributed by atoms with Gasteiger partial charge < -0.3 is 5.73 Å². The number of nitrogens with zero attached hydrogens (tertiary/aromatic N) is 1. The first-order valence-electron chi connectivity index (χ1n) is 5.14. The van der Waals surface area contributed by atoms with Crippen molar-refractivity contribution in [3.63, 3.8) is 0 Å². The van der Waals surface area contributed by atoms with Crippen molar-refractivity contribution in [1.29, 1.82) is 0 Å². The lowest BCUT2D eigenvalue weighted by Crippen LogP contribution is -2.28. The standard InChI is InChI=1S/C11H18N2O2S/c1-5-13(4)16(14,15)11-9(3)8(2)6-7-10(11)12/h6-7H,5,12H2,1-4H3. The van der Waals surface area contributed by atoms with E-state index in [-0.39, 0.29) is 4.90 Å². The molecular weight excluding hydrogens is 224 g/mol. The van der Waals surface area contributed by atoms with E-state index in [0.717, 1.165) is 11.1 Å². The lowest BCUT2D eigenvalue weighted by Gasteiger charge is -2.19. The molecule has 5 heteroatoms.